The molecular formula is C22H16N2O6. The van der Waals surface area contributed by atoms with Crippen molar-refractivity contribution in [3.05, 3.63) is 95.1 Å². The monoisotopic (exact) mass is 404 g/mol. The first kappa shape index (κ1) is 20.3. The number of aromatic carboxylic acids is 2. The molecule has 0 atom stereocenters. The lowest BCUT2D eigenvalue weighted by atomic mass is 10.0. The van der Waals surface area contributed by atoms with E-state index in [1.165, 1.54) is 18.2 Å². The zero-order valence-electron chi connectivity index (χ0n) is 15.5. The molecule has 8 nitrogen and oxygen atoms in total. The maximum absolute atomic E-state index is 12.6. The van der Waals surface area contributed by atoms with E-state index in [0.29, 0.717) is 5.56 Å². The average molecular weight is 404 g/mol. The number of anilines is 2. The van der Waals surface area contributed by atoms with Gasteiger partial charge in [0.1, 0.15) is 0 Å². The maximum atomic E-state index is 12.6. The van der Waals surface area contributed by atoms with Gasteiger partial charge in [0.2, 0.25) is 0 Å². The van der Waals surface area contributed by atoms with Gasteiger partial charge in [-0.2, -0.15) is 0 Å². The Bertz CT molecular complexity index is 1130. The number of carboxylic acid groups (broad SMARTS) is 2. The van der Waals surface area contributed by atoms with Crippen LogP contribution >= 0.6 is 0 Å². The molecule has 0 bridgehead atoms. The Morgan fingerprint density at radius 1 is 0.600 bits per heavy atom. The first-order valence-corrected chi connectivity index (χ1v) is 8.75. The number of nitrogens with one attached hydrogen (secondary N) is 2. The van der Waals surface area contributed by atoms with Gasteiger partial charge in [-0.3, -0.25) is 9.59 Å². The fourth-order valence-electron chi connectivity index (χ4n) is 2.80. The molecule has 0 aliphatic carbocycles. The quantitative estimate of drug-likeness (QED) is 0.496. The number of hydrogen-bond donors (Lipinski definition) is 4. The van der Waals surface area contributed by atoms with Gasteiger partial charge in [-0.25, -0.2) is 9.59 Å². The van der Waals surface area contributed by atoms with Crippen LogP contribution in [0.4, 0.5) is 11.4 Å². The molecule has 3 aromatic carbocycles. The summed E-state index contributed by atoms with van der Waals surface area (Å²) in [5.74, 6) is -4.25. The van der Waals surface area contributed by atoms with Gasteiger partial charge in [0.15, 0.2) is 0 Å². The van der Waals surface area contributed by atoms with Crippen LogP contribution in [0.2, 0.25) is 0 Å². The van der Waals surface area contributed by atoms with Crippen LogP contribution in [-0.2, 0) is 0 Å². The standard InChI is InChI=1S/C22H16N2O6/c25-19(13-7-3-1-4-8-13)23-16-12-11-15(21(27)28)17(22(29)30)18(16)24-20(26)14-9-5-2-6-10-14/h1-12H,(H,23,25)(H,24,26)(H,27,28)(H,29,30). The van der Waals surface area contributed by atoms with E-state index in [4.69, 9.17) is 0 Å². The van der Waals surface area contributed by atoms with Crippen molar-refractivity contribution in [1.29, 1.82) is 0 Å². The molecule has 0 saturated carbocycles. The SMILES string of the molecule is O=C(Nc1ccc(C(=O)O)c(C(=O)O)c1NC(=O)c1ccccc1)c1ccccc1. The summed E-state index contributed by atoms with van der Waals surface area (Å²) >= 11 is 0. The summed E-state index contributed by atoms with van der Waals surface area (Å²) in [6.07, 6.45) is 0. The number of amides is 2. The highest BCUT2D eigenvalue weighted by Gasteiger charge is 2.25. The fourth-order valence-corrected chi connectivity index (χ4v) is 2.80. The lowest BCUT2D eigenvalue weighted by Crippen LogP contribution is -2.21. The summed E-state index contributed by atoms with van der Waals surface area (Å²) in [6.45, 7) is 0. The number of carbonyl (C=O) groups excluding carboxylic acids is 2. The normalized spacial score (nSPS) is 10.1. The Labute approximate surface area is 170 Å². The molecule has 3 aromatic rings. The smallest absolute Gasteiger partial charge is 0.338 e. The number of carbonyl (C=O) groups is 4. The molecule has 8 heteroatoms. The molecular weight excluding hydrogens is 388 g/mol. The van der Waals surface area contributed by atoms with Crippen molar-refractivity contribution in [3.8, 4) is 0 Å². The highest BCUT2D eigenvalue weighted by atomic mass is 16.4. The second-order valence-electron chi connectivity index (χ2n) is 6.16. The molecule has 0 radical (unpaired) electrons. The highest BCUT2D eigenvalue weighted by Crippen LogP contribution is 2.31. The molecule has 0 saturated heterocycles. The second-order valence-corrected chi connectivity index (χ2v) is 6.16. The second kappa shape index (κ2) is 8.70. The van der Waals surface area contributed by atoms with Crippen LogP contribution in [0.25, 0.3) is 0 Å². The van der Waals surface area contributed by atoms with Gasteiger partial charge in [-0.15, -0.1) is 0 Å². The van der Waals surface area contributed by atoms with Gasteiger partial charge in [0.25, 0.3) is 11.8 Å². The molecule has 0 spiro atoms. The largest absolute Gasteiger partial charge is 0.478 e. The maximum Gasteiger partial charge on any atom is 0.338 e. The molecule has 0 aromatic heterocycles. The van der Waals surface area contributed by atoms with Crippen molar-refractivity contribution in [1.82, 2.24) is 0 Å². The van der Waals surface area contributed by atoms with E-state index in [9.17, 15) is 29.4 Å². The summed E-state index contributed by atoms with van der Waals surface area (Å²) in [5.41, 5.74) is -0.996. The van der Waals surface area contributed by atoms with Gasteiger partial charge in [0, 0.05) is 11.1 Å². The summed E-state index contributed by atoms with van der Waals surface area (Å²) in [6, 6.07) is 18.4. The van der Waals surface area contributed by atoms with E-state index < -0.39 is 34.9 Å². The molecule has 150 valence electrons. The molecule has 0 unspecified atom stereocenters. The van der Waals surface area contributed by atoms with Crippen LogP contribution in [0.5, 0.6) is 0 Å². The summed E-state index contributed by atoms with van der Waals surface area (Å²) < 4.78 is 0. The van der Waals surface area contributed by atoms with Crippen molar-refractivity contribution >= 4 is 35.1 Å². The topological polar surface area (TPSA) is 133 Å². The van der Waals surface area contributed by atoms with E-state index >= 15 is 0 Å². The zero-order valence-corrected chi connectivity index (χ0v) is 15.5. The third-order valence-electron chi connectivity index (χ3n) is 4.21. The van der Waals surface area contributed by atoms with E-state index in [0.717, 1.165) is 6.07 Å². The van der Waals surface area contributed by atoms with Crippen molar-refractivity contribution in [2.24, 2.45) is 0 Å². The summed E-state index contributed by atoms with van der Waals surface area (Å²) in [4.78, 5) is 48.5. The predicted octanol–water partition coefficient (Wildman–Crippen LogP) is 3.59. The van der Waals surface area contributed by atoms with Gasteiger partial charge in [0.05, 0.1) is 22.5 Å². The molecule has 0 heterocycles. The van der Waals surface area contributed by atoms with Crippen molar-refractivity contribution in [3.63, 3.8) is 0 Å². The third-order valence-corrected chi connectivity index (χ3v) is 4.21. The van der Waals surface area contributed by atoms with Crippen LogP contribution in [0.3, 0.4) is 0 Å². The number of rotatable bonds is 6. The fraction of sp³-hybridized carbons (Fsp3) is 0. The Balaban J connectivity index is 2.08. The number of carboxylic acids is 2. The minimum absolute atomic E-state index is 0.0458. The minimum atomic E-state index is -1.56. The van der Waals surface area contributed by atoms with Gasteiger partial charge in [-0.1, -0.05) is 36.4 Å². The number of benzene rings is 3. The Hall–Kier alpha value is -4.46. The molecule has 2 amide bonds. The molecule has 30 heavy (non-hydrogen) atoms. The number of hydrogen-bond acceptors (Lipinski definition) is 4. The molecule has 0 fully saturated rings. The van der Waals surface area contributed by atoms with E-state index in [2.05, 4.69) is 10.6 Å². The molecule has 4 N–H and O–H groups in total. The first-order chi connectivity index (χ1) is 14.4. The Morgan fingerprint density at radius 3 is 1.57 bits per heavy atom. The van der Waals surface area contributed by atoms with Crippen molar-refractivity contribution < 1.29 is 29.4 Å². The average Bonchev–Trinajstić information content (AvgIpc) is 2.75. The van der Waals surface area contributed by atoms with E-state index in [1.54, 1.807) is 48.5 Å². The lowest BCUT2D eigenvalue weighted by molar-refractivity contribution is 0.0652. The van der Waals surface area contributed by atoms with E-state index in [-0.39, 0.29) is 16.9 Å². The first-order valence-electron chi connectivity index (χ1n) is 8.75. The van der Waals surface area contributed by atoms with Crippen LogP contribution in [0.1, 0.15) is 41.4 Å². The highest BCUT2D eigenvalue weighted by molar-refractivity contribution is 6.16. The Morgan fingerprint density at radius 2 is 1.10 bits per heavy atom. The lowest BCUT2D eigenvalue weighted by Gasteiger charge is -2.17. The van der Waals surface area contributed by atoms with E-state index in [1.807, 2.05) is 0 Å². The molecule has 0 aliphatic rings. The van der Waals surface area contributed by atoms with Gasteiger partial charge >= 0.3 is 11.9 Å². The zero-order chi connectivity index (χ0) is 21.7. The van der Waals surface area contributed by atoms with Crippen LogP contribution in [0, 0.1) is 0 Å². The van der Waals surface area contributed by atoms with Crippen molar-refractivity contribution in [2.75, 3.05) is 10.6 Å². The van der Waals surface area contributed by atoms with Crippen LogP contribution in [-0.4, -0.2) is 34.0 Å². The predicted molar refractivity (Wildman–Crippen MR) is 109 cm³/mol. The minimum Gasteiger partial charge on any atom is -0.478 e. The summed E-state index contributed by atoms with van der Waals surface area (Å²) in [5, 5.41) is 24.0. The molecule has 3 rings (SSSR count). The van der Waals surface area contributed by atoms with Crippen molar-refractivity contribution in [2.45, 2.75) is 0 Å². The third kappa shape index (κ3) is 4.33. The van der Waals surface area contributed by atoms with Crippen LogP contribution < -0.4 is 10.6 Å². The Kier molecular flexibility index (Phi) is 5.88. The van der Waals surface area contributed by atoms with Gasteiger partial charge < -0.3 is 20.8 Å². The molecule has 0 aliphatic heterocycles. The summed E-state index contributed by atoms with van der Waals surface area (Å²) in [7, 11) is 0. The van der Waals surface area contributed by atoms with Gasteiger partial charge in [-0.05, 0) is 36.4 Å². The van der Waals surface area contributed by atoms with Crippen LogP contribution in [0.15, 0.2) is 72.8 Å².